The molecule has 0 aliphatic carbocycles. The summed E-state index contributed by atoms with van der Waals surface area (Å²) in [6, 6.07) is 14.8. The van der Waals surface area contributed by atoms with E-state index in [9.17, 15) is 4.79 Å². The van der Waals surface area contributed by atoms with Crippen LogP contribution in [0, 0.1) is 5.92 Å². The molecule has 0 amide bonds. The van der Waals surface area contributed by atoms with Crippen molar-refractivity contribution in [1.29, 1.82) is 0 Å². The van der Waals surface area contributed by atoms with Crippen molar-refractivity contribution in [3.8, 4) is 0 Å². The molecule has 2 aromatic rings. The predicted octanol–water partition coefficient (Wildman–Crippen LogP) is 2.88. The molecule has 110 valence electrons. The lowest BCUT2D eigenvalue weighted by molar-refractivity contribution is -0.149. The molecule has 3 heteroatoms. The number of ether oxygens (including phenoxy) is 1. The van der Waals surface area contributed by atoms with Gasteiger partial charge in [0.25, 0.3) is 0 Å². The zero-order valence-corrected chi connectivity index (χ0v) is 12.6. The van der Waals surface area contributed by atoms with Gasteiger partial charge >= 0.3 is 5.97 Å². The Kier molecular flexibility index (Phi) is 3.68. The Bertz CT molecular complexity index is 667. The lowest BCUT2D eigenvalue weighted by atomic mass is 9.73. The standard InChI is InChI=1S/C18H21NO2/c1-3-21-17(20)16-11-19-12-18(16,2)15-9-8-13-6-4-5-7-14(13)10-15/h4-10,16,19H,3,11-12H2,1-2H3. The number of nitrogens with one attached hydrogen (secondary N) is 1. The normalized spacial score (nSPS) is 25.1. The number of hydrogen-bond donors (Lipinski definition) is 1. The number of esters is 1. The van der Waals surface area contributed by atoms with E-state index < -0.39 is 0 Å². The summed E-state index contributed by atoms with van der Waals surface area (Å²) in [6.07, 6.45) is 0. The number of hydrogen-bond acceptors (Lipinski definition) is 3. The van der Waals surface area contributed by atoms with Crippen LogP contribution in [0.1, 0.15) is 19.4 Å². The SMILES string of the molecule is CCOC(=O)C1CNCC1(C)c1ccc2ccccc2c1. The average Bonchev–Trinajstić information content (AvgIpc) is 2.90. The molecule has 2 atom stereocenters. The first-order valence-corrected chi connectivity index (χ1v) is 7.52. The molecule has 3 rings (SSSR count). The predicted molar refractivity (Wildman–Crippen MR) is 84.3 cm³/mol. The van der Waals surface area contributed by atoms with Crippen LogP contribution in [0.3, 0.4) is 0 Å². The van der Waals surface area contributed by atoms with Crippen LogP contribution in [0.15, 0.2) is 42.5 Å². The Morgan fingerprint density at radius 1 is 1.29 bits per heavy atom. The molecule has 3 nitrogen and oxygen atoms in total. The first kappa shape index (κ1) is 14.1. The van der Waals surface area contributed by atoms with Gasteiger partial charge in [-0.05, 0) is 23.3 Å². The first-order valence-electron chi connectivity index (χ1n) is 7.52. The lowest BCUT2D eigenvalue weighted by Gasteiger charge is -2.30. The molecule has 1 heterocycles. The third-order valence-corrected chi connectivity index (χ3v) is 4.59. The maximum atomic E-state index is 12.2. The summed E-state index contributed by atoms with van der Waals surface area (Å²) in [4.78, 5) is 12.2. The molecule has 1 aliphatic rings. The Hall–Kier alpha value is -1.87. The van der Waals surface area contributed by atoms with Gasteiger partial charge in [0.05, 0.1) is 12.5 Å². The van der Waals surface area contributed by atoms with Gasteiger partial charge < -0.3 is 10.1 Å². The highest BCUT2D eigenvalue weighted by atomic mass is 16.5. The molecule has 1 fully saturated rings. The van der Waals surface area contributed by atoms with Gasteiger partial charge in [-0.3, -0.25) is 4.79 Å². The number of fused-ring (bicyclic) bond motifs is 1. The molecule has 1 saturated heterocycles. The van der Waals surface area contributed by atoms with E-state index in [1.807, 2.05) is 19.1 Å². The van der Waals surface area contributed by atoms with Crippen LogP contribution in [-0.2, 0) is 14.9 Å². The summed E-state index contributed by atoms with van der Waals surface area (Å²) in [6.45, 7) is 5.92. The van der Waals surface area contributed by atoms with E-state index in [2.05, 4.69) is 42.6 Å². The van der Waals surface area contributed by atoms with Crippen LogP contribution >= 0.6 is 0 Å². The van der Waals surface area contributed by atoms with Crippen molar-refractivity contribution in [2.75, 3.05) is 19.7 Å². The van der Waals surface area contributed by atoms with E-state index in [-0.39, 0.29) is 17.3 Å². The number of carbonyl (C=O) groups is 1. The molecule has 1 N–H and O–H groups in total. The summed E-state index contributed by atoms with van der Waals surface area (Å²) >= 11 is 0. The number of rotatable bonds is 3. The topological polar surface area (TPSA) is 38.3 Å². The molecule has 0 radical (unpaired) electrons. The maximum Gasteiger partial charge on any atom is 0.311 e. The van der Waals surface area contributed by atoms with E-state index in [0.29, 0.717) is 13.2 Å². The molecule has 2 aromatic carbocycles. The Balaban J connectivity index is 2.00. The second-order valence-electron chi connectivity index (χ2n) is 5.91. The van der Waals surface area contributed by atoms with Gasteiger partial charge in [-0.25, -0.2) is 0 Å². The molecule has 1 aliphatic heterocycles. The van der Waals surface area contributed by atoms with E-state index in [4.69, 9.17) is 4.74 Å². The van der Waals surface area contributed by atoms with Gasteiger partial charge in [0.2, 0.25) is 0 Å². The largest absolute Gasteiger partial charge is 0.466 e. The van der Waals surface area contributed by atoms with Crippen LogP contribution in [0.5, 0.6) is 0 Å². The molecular weight excluding hydrogens is 262 g/mol. The molecular formula is C18H21NO2. The van der Waals surface area contributed by atoms with Gasteiger partial charge in [0, 0.05) is 18.5 Å². The van der Waals surface area contributed by atoms with E-state index in [1.165, 1.54) is 16.3 Å². The van der Waals surface area contributed by atoms with Crippen molar-refractivity contribution >= 4 is 16.7 Å². The average molecular weight is 283 g/mol. The Labute approximate surface area is 125 Å². The van der Waals surface area contributed by atoms with Crippen molar-refractivity contribution in [3.63, 3.8) is 0 Å². The van der Waals surface area contributed by atoms with Crippen molar-refractivity contribution in [2.24, 2.45) is 5.92 Å². The third kappa shape index (κ3) is 2.42. The van der Waals surface area contributed by atoms with Crippen LogP contribution in [0.2, 0.25) is 0 Å². The third-order valence-electron chi connectivity index (χ3n) is 4.59. The summed E-state index contributed by atoms with van der Waals surface area (Å²) in [7, 11) is 0. The molecule has 0 bridgehead atoms. The minimum absolute atomic E-state index is 0.0989. The fourth-order valence-electron chi connectivity index (χ4n) is 3.26. The van der Waals surface area contributed by atoms with E-state index in [1.54, 1.807) is 0 Å². The quantitative estimate of drug-likeness (QED) is 0.880. The van der Waals surface area contributed by atoms with Gasteiger partial charge in [-0.1, -0.05) is 49.4 Å². The van der Waals surface area contributed by atoms with E-state index >= 15 is 0 Å². The van der Waals surface area contributed by atoms with Crippen LogP contribution in [0.25, 0.3) is 10.8 Å². The smallest absolute Gasteiger partial charge is 0.311 e. The number of carbonyl (C=O) groups excluding carboxylic acids is 1. The highest BCUT2D eigenvalue weighted by Gasteiger charge is 2.45. The van der Waals surface area contributed by atoms with Crippen molar-refractivity contribution in [1.82, 2.24) is 5.32 Å². The van der Waals surface area contributed by atoms with Crippen molar-refractivity contribution in [2.45, 2.75) is 19.3 Å². The molecule has 0 saturated carbocycles. The highest BCUT2D eigenvalue weighted by Crippen LogP contribution is 2.37. The van der Waals surface area contributed by atoms with Crippen molar-refractivity contribution in [3.05, 3.63) is 48.0 Å². The minimum Gasteiger partial charge on any atom is -0.466 e. The zero-order chi connectivity index (χ0) is 14.9. The molecule has 0 spiro atoms. The van der Waals surface area contributed by atoms with Gasteiger partial charge in [0.1, 0.15) is 0 Å². The molecule has 2 unspecified atom stereocenters. The zero-order valence-electron chi connectivity index (χ0n) is 12.6. The summed E-state index contributed by atoms with van der Waals surface area (Å²) < 4.78 is 5.25. The van der Waals surface area contributed by atoms with Gasteiger partial charge in [0.15, 0.2) is 0 Å². The van der Waals surface area contributed by atoms with E-state index in [0.717, 1.165) is 6.54 Å². The maximum absolute atomic E-state index is 12.2. The first-order chi connectivity index (χ1) is 10.1. The Morgan fingerprint density at radius 2 is 2.05 bits per heavy atom. The van der Waals surface area contributed by atoms with Crippen LogP contribution < -0.4 is 5.32 Å². The minimum atomic E-state index is -0.212. The summed E-state index contributed by atoms with van der Waals surface area (Å²) in [5.74, 6) is -0.225. The molecule has 21 heavy (non-hydrogen) atoms. The monoisotopic (exact) mass is 283 g/mol. The Morgan fingerprint density at radius 3 is 2.81 bits per heavy atom. The van der Waals surface area contributed by atoms with Gasteiger partial charge in [-0.15, -0.1) is 0 Å². The highest BCUT2D eigenvalue weighted by molar-refractivity contribution is 5.84. The fraction of sp³-hybridized carbons (Fsp3) is 0.389. The van der Waals surface area contributed by atoms with Gasteiger partial charge in [-0.2, -0.15) is 0 Å². The fourth-order valence-corrected chi connectivity index (χ4v) is 3.26. The summed E-state index contributed by atoms with van der Waals surface area (Å²) in [5.41, 5.74) is 0.986. The van der Waals surface area contributed by atoms with Crippen LogP contribution in [0.4, 0.5) is 0 Å². The van der Waals surface area contributed by atoms with Crippen LogP contribution in [-0.4, -0.2) is 25.7 Å². The summed E-state index contributed by atoms with van der Waals surface area (Å²) in [5, 5.41) is 5.79. The lowest BCUT2D eigenvalue weighted by Crippen LogP contribution is -2.37. The second-order valence-corrected chi connectivity index (χ2v) is 5.91. The van der Waals surface area contributed by atoms with Crippen molar-refractivity contribution < 1.29 is 9.53 Å². The molecule has 0 aromatic heterocycles. The number of benzene rings is 2. The second kappa shape index (κ2) is 5.49.